The molecule has 1 aromatic rings. The van der Waals surface area contributed by atoms with E-state index >= 15 is 0 Å². The second-order valence-electron chi connectivity index (χ2n) is 9.50. The van der Waals surface area contributed by atoms with Crippen LogP contribution in [-0.4, -0.2) is 48.0 Å². The fraction of sp³-hybridized carbons (Fsp3) is 0.556. The van der Waals surface area contributed by atoms with Crippen LogP contribution in [-0.2, 0) is 6.42 Å². The maximum Gasteiger partial charge on any atom is 0.0761 e. The fourth-order valence-electron chi connectivity index (χ4n) is 5.00. The monoisotopic (exact) mass is 409 g/mol. The average molecular weight is 410 g/mol. The number of hydrogen-bond donors (Lipinski definition) is 2. The van der Waals surface area contributed by atoms with E-state index in [1.54, 1.807) is 0 Å². The smallest absolute Gasteiger partial charge is 0.0761 e. The minimum absolute atomic E-state index is 0.143. The van der Waals surface area contributed by atoms with Crippen LogP contribution in [0, 0.1) is 24.7 Å². The lowest BCUT2D eigenvalue weighted by molar-refractivity contribution is 0.140. The van der Waals surface area contributed by atoms with Crippen LogP contribution in [0.3, 0.4) is 0 Å². The molecule has 0 heterocycles. The van der Waals surface area contributed by atoms with Crippen LogP contribution >= 0.6 is 0 Å². The number of hydrogen-bond acceptors (Lipinski definition) is 3. The van der Waals surface area contributed by atoms with Crippen LogP contribution < -0.4 is 0 Å². The second-order valence-corrected chi connectivity index (χ2v) is 9.50. The summed E-state index contributed by atoms with van der Waals surface area (Å²) in [4.78, 5) is 2.24. The minimum Gasteiger partial charge on any atom is -0.392 e. The van der Waals surface area contributed by atoms with Crippen molar-refractivity contribution in [2.24, 2.45) is 17.8 Å². The van der Waals surface area contributed by atoms with Crippen LogP contribution in [0.4, 0.5) is 0 Å². The van der Waals surface area contributed by atoms with Gasteiger partial charge in [-0.25, -0.2) is 0 Å². The molecule has 2 aliphatic carbocycles. The number of fused-ring (bicyclic) bond motifs is 1. The van der Waals surface area contributed by atoms with Crippen molar-refractivity contribution in [2.75, 3.05) is 20.6 Å². The van der Waals surface area contributed by atoms with Gasteiger partial charge in [0, 0.05) is 12.3 Å². The Kier molecular flexibility index (Phi) is 8.50. The van der Waals surface area contributed by atoms with E-state index in [0.29, 0.717) is 18.3 Å². The van der Waals surface area contributed by atoms with Crippen molar-refractivity contribution in [3.63, 3.8) is 0 Å². The van der Waals surface area contributed by atoms with Crippen LogP contribution in [0.2, 0.25) is 0 Å². The highest BCUT2D eigenvalue weighted by Gasteiger charge is 2.42. The molecule has 1 fully saturated rings. The van der Waals surface area contributed by atoms with Gasteiger partial charge in [-0.05, 0) is 77.1 Å². The Bertz CT molecular complexity index is 764. The van der Waals surface area contributed by atoms with Crippen molar-refractivity contribution in [3.8, 4) is 0 Å². The lowest BCUT2D eigenvalue weighted by Crippen LogP contribution is -2.18. The summed E-state index contributed by atoms with van der Waals surface area (Å²) < 4.78 is 0. The quantitative estimate of drug-likeness (QED) is 0.435. The maximum absolute atomic E-state index is 10.6. The summed E-state index contributed by atoms with van der Waals surface area (Å²) in [5, 5.41) is 21.0. The molecule has 0 aromatic heterocycles. The van der Waals surface area contributed by atoms with Crippen molar-refractivity contribution in [2.45, 2.75) is 57.7 Å². The second kappa shape index (κ2) is 11.1. The lowest BCUT2D eigenvalue weighted by atomic mass is 9.89. The normalized spacial score (nSPS) is 27.3. The zero-order chi connectivity index (χ0) is 21.5. The van der Waals surface area contributed by atoms with Gasteiger partial charge in [0.15, 0.2) is 0 Å². The van der Waals surface area contributed by atoms with E-state index in [1.165, 1.54) is 24.0 Å². The maximum atomic E-state index is 10.6. The number of aliphatic hydroxyl groups excluding tert-OH is 2. The third kappa shape index (κ3) is 6.66. The minimum atomic E-state index is -0.506. The third-order valence-corrected chi connectivity index (χ3v) is 6.54. The largest absolute Gasteiger partial charge is 0.392 e. The molecule has 5 atom stereocenters. The molecule has 0 amide bonds. The molecule has 164 valence electrons. The first-order valence-corrected chi connectivity index (χ1v) is 11.5. The van der Waals surface area contributed by atoms with Crippen molar-refractivity contribution in [1.29, 1.82) is 0 Å². The Morgan fingerprint density at radius 2 is 2.07 bits per heavy atom. The number of unbranched alkanes of at least 4 members (excludes halogenated alkanes) is 2. The Morgan fingerprint density at radius 1 is 1.23 bits per heavy atom. The van der Waals surface area contributed by atoms with E-state index in [0.717, 1.165) is 31.4 Å². The van der Waals surface area contributed by atoms with Crippen LogP contribution in [0.25, 0.3) is 0 Å². The molecule has 1 aromatic carbocycles. The first-order chi connectivity index (χ1) is 14.4. The third-order valence-electron chi connectivity index (χ3n) is 6.54. The fourth-order valence-corrected chi connectivity index (χ4v) is 5.00. The molecule has 30 heavy (non-hydrogen) atoms. The van der Waals surface area contributed by atoms with Crippen molar-refractivity contribution in [3.05, 3.63) is 71.3 Å². The molecule has 0 spiro atoms. The average Bonchev–Trinajstić information content (AvgIpc) is 3.19. The number of aliphatic hydroxyl groups is 2. The summed E-state index contributed by atoms with van der Waals surface area (Å²) in [6.07, 6.45) is 16.3. The Morgan fingerprint density at radius 3 is 2.83 bits per heavy atom. The molecule has 2 N–H and O–H groups in total. The predicted octanol–water partition coefficient (Wildman–Crippen LogP) is 4.69. The molecule has 0 unspecified atom stereocenters. The highest BCUT2D eigenvalue weighted by atomic mass is 16.3. The van der Waals surface area contributed by atoms with Gasteiger partial charge in [0.05, 0.1) is 12.2 Å². The summed E-state index contributed by atoms with van der Waals surface area (Å²) in [6.45, 7) is 3.23. The first-order valence-electron chi connectivity index (χ1n) is 11.5. The predicted molar refractivity (Wildman–Crippen MR) is 125 cm³/mol. The van der Waals surface area contributed by atoms with Gasteiger partial charge in [-0.2, -0.15) is 0 Å². The number of allylic oxidation sites excluding steroid dienone is 4. The van der Waals surface area contributed by atoms with Gasteiger partial charge in [-0.15, -0.1) is 0 Å². The highest BCUT2D eigenvalue weighted by molar-refractivity contribution is 5.29. The highest BCUT2D eigenvalue weighted by Crippen LogP contribution is 2.47. The van der Waals surface area contributed by atoms with E-state index in [2.05, 4.69) is 68.4 Å². The van der Waals surface area contributed by atoms with E-state index in [9.17, 15) is 10.2 Å². The molecular formula is C27H39NO2. The van der Waals surface area contributed by atoms with Gasteiger partial charge < -0.3 is 15.1 Å². The Hall–Kier alpha value is -1.68. The van der Waals surface area contributed by atoms with Crippen molar-refractivity contribution >= 4 is 0 Å². The summed E-state index contributed by atoms with van der Waals surface area (Å²) in [5.74, 6) is 1.08. The zero-order valence-electron chi connectivity index (χ0n) is 18.9. The number of aryl methyl sites for hydroxylation is 1. The number of benzene rings is 1. The van der Waals surface area contributed by atoms with Gasteiger partial charge in [0.2, 0.25) is 0 Å². The van der Waals surface area contributed by atoms with Gasteiger partial charge in [0.1, 0.15) is 0 Å². The molecule has 0 saturated heterocycles. The van der Waals surface area contributed by atoms with Crippen molar-refractivity contribution < 1.29 is 10.2 Å². The molecule has 0 bridgehead atoms. The Balaban J connectivity index is 1.48. The molecule has 3 rings (SSSR count). The molecule has 0 aliphatic heterocycles. The van der Waals surface area contributed by atoms with Gasteiger partial charge >= 0.3 is 0 Å². The molecule has 2 aliphatic rings. The van der Waals surface area contributed by atoms with E-state index < -0.39 is 6.10 Å². The first kappa shape index (κ1) is 23.0. The summed E-state index contributed by atoms with van der Waals surface area (Å²) in [6, 6.07) is 8.29. The Labute approximate surface area is 182 Å². The molecule has 3 nitrogen and oxygen atoms in total. The standard InChI is InChI=1S/C27H39NO2/c1-20-9-8-11-21(15-20)17-24(29)12-13-25-26-18-22(16-23(26)19-27(25)30)10-6-4-5-7-14-28(2)3/h6,8-13,15-16,23-27,29-30H,4-5,7,14,17-19H2,1-3H3/b10-6-,13-12+/t23-,24-,25+,26-,27+/m0/s1. The molecule has 1 saturated carbocycles. The summed E-state index contributed by atoms with van der Waals surface area (Å²) in [7, 11) is 4.25. The van der Waals surface area contributed by atoms with Gasteiger partial charge in [0.25, 0.3) is 0 Å². The topological polar surface area (TPSA) is 43.7 Å². The molecule has 3 heteroatoms. The number of rotatable bonds is 10. The molecular weight excluding hydrogens is 370 g/mol. The van der Waals surface area contributed by atoms with E-state index in [4.69, 9.17) is 0 Å². The van der Waals surface area contributed by atoms with Crippen LogP contribution in [0.15, 0.2) is 60.2 Å². The number of nitrogens with zero attached hydrogens (tertiary/aromatic N) is 1. The lowest BCUT2D eigenvalue weighted by Gasteiger charge is -2.18. The van der Waals surface area contributed by atoms with Crippen LogP contribution in [0.1, 0.15) is 43.2 Å². The summed E-state index contributed by atoms with van der Waals surface area (Å²) in [5.41, 5.74) is 3.79. The van der Waals surface area contributed by atoms with Crippen LogP contribution in [0.5, 0.6) is 0 Å². The van der Waals surface area contributed by atoms with Crippen molar-refractivity contribution in [1.82, 2.24) is 4.90 Å². The van der Waals surface area contributed by atoms with Gasteiger partial charge in [-0.3, -0.25) is 0 Å². The molecule has 0 radical (unpaired) electrons. The van der Waals surface area contributed by atoms with E-state index in [1.807, 2.05) is 12.1 Å². The summed E-state index contributed by atoms with van der Waals surface area (Å²) >= 11 is 0. The zero-order valence-corrected chi connectivity index (χ0v) is 18.9. The van der Waals surface area contributed by atoms with E-state index in [-0.39, 0.29) is 12.0 Å². The van der Waals surface area contributed by atoms with Gasteiger partial charge in [-0.1, -0.05) is 65.8 Å². The SMILES string of the molecule is Cc1cccc(C[C@@H](O)/C=C/[C@@H]2[C@H]3CC(/C=C\CCCCN(C)C)=C[C@H]3C[C@H]2O)c1.